The lowest BCUT2D eigenvalue weighted by Gasteiger charge is -2.16. The molecule has 218 valence electrons. The van der Waals surface area contributed by atoms with Gasteiger partial charge in [-0.05, 0) is 60.4 Å². The maximum Gasteiger partial charge on any atom is 0.251 e. The maximum absolute atomic E-state index is 13.0. The van der Waals surface area contributed by atoms with Crippen LogP contribution in [0.1, 0.15) is 31.8 Å². The molecule has 0 spiro atoms. The van der Waals surface area contributed by atoms with Crippen LogP contribution in [0.25, 0.3) is 22.9 Å². The summed E-state index contributed by atoms with van der Waals surface area (Å²) in [5.41, 5.74) is 3.89. The van der Waals surface area contributed by atoms with E-state index in [0.29, 0.717) is 35.1 Å². The molecule has 0 fully saturated rings. The minimum atomic E-state index is -0.441. The van der Waals surface area contributed by atoms with E-state index in [1.807, 2.05) is 60.7 Å². The summed E-state index contributed by atoms with van der Waals surface area (Å²) < 4.78 is 5.92. The van der Waals surface area contributed by atoms with Gasteiger partial charge in [0.15, 0.2) is 0 Å². The molecule has 0 aliphatic rings. The van der Waals surface area contributed by atoms with Gasteiger partial charge in [-0.25, -0.2) is 0 Å². The molecule has 1 aromatic heterocycles. The second kappa shape index (κ2) is 14.2. The lowest BCUT2D eigenvalue weighted by atomic mass is 10.1. The topological polar surface area (TPSA) is 138 Å². The van der Waals surface area contributed by atoms with Gasteiger partial charge in [0.05, 0.1) is 25.3 Å². The van der Waals surface area contributed by atoms with Crippen LogP contribution in [0.2, 0.25) is 0 Å². The molecule has 43 heavy (non-hydrogen) atoms. The van der Waals surface area contributed by atoms with Crippen LogP contribution < -0.4 is 10.6 Å². The Morgan fingerprint density at radius 3 is 1.42 bits per heavy atom. The molecule has 2 atom stereocenters. The van der Waals surface area contributed by atoms with Crippen LogP contribution in [0.5, 0.6) is 0 Å². The number of aromatic nitrogens is 2. The van der Waals surface area contributed by atoms with Gasteiger partial charge in [-0.1, -0.05) is 72.8 Å². The fourth-order valence-corrected chi connectivity index (χ4v) is 4.70. The quantitative estimate of drug-likeness (QED) is 0.176. The Labute approximate surface area is 249 Å². The first-order chi connectivity index (χ1) is 21.0. The van der Waals surface area contributed by atoms with Crippen LogP contribution in [0.4, 0.5) is 0 Å². The van der Waals surface area contributed by atoms with Crippen molar-refractivity contribution in [3.8, 4) is 22.9 Å². The lowest BCUT2D eigenvalue weighted by Crippen LogP contribution is -2.39. The van der Waals surface area contributed by atoms with Crippen LogP contribution in [-0.2, 0) is 12.8 Å². The van der Waals surface area contributed by atoms with Gasteiger partial charge < -0.3 is 25.3 Å². The summed E-state index contributed by atoms with van der Waals surface area (Å²) >= 11 is 0. The Kier molecular flexibility index (Phi) is 9.68. The molecular formula is C34H32N4O5. The van der Waals surface area contributed by atoms with Crippen LogP contribution in [0.15, 0.2) is 114 Å². The molecule has 5 rings (SSSR count). The fraction of sp³-hybridized carbons (Fsp3) is 0.176. The van der Waals surface area contributed by atoms with Gasteiger partial charge >= 0.3 is 0 Å². The molecule has 9 nitrogen and oxygen atoms in total. The molecule has 0 aliphatic heterocycles. The third kappa shape index (κ3) is 7.79. The minimum Gasteiger partial charge on any atom is -0.416 e. The number of benzene rings is 4. The Morgan fingerprint density at radius 1 is 0.605 bits per heavy atom. The van der Waals surface area contributed by atoms with Crippen LogP contribution >= 0.6 is 0 Å². The normalized spacial score (nSPS) is 12.3. The lowest BCUT2D eigenvalue weighted by molar-refractivity contribution is 0.0909. The number of aliphatic hydroxyl groups is 2. The fourth-order valence-electron chi connectivity index (χ4n) is 4.70. The average Bonchev–Trinajstić information content (AvgIpc) is 3.56. The number of carbonyl (C=O) groups is 2. The summed E-state index contributed by atoms with van der Waals surface area (Å²) in [6.45, 7) is -0.393. The average molecular weight is 577 g/mol. The Balaban J connectivity index is 1.26. The maximum atomic E-state index is 13.0. The summed E-state index contributed by atoms with van der Waals surface area (Å²) in [5, 5.41) is 33.7. The zero-order valence-corrected chi connectivity index (χ0v) is 23.4. The third-order valence-electron chi connectivity index (χ3n) is 6.93. The van der Waals surface area contributed by atoms with Gasteiger partial charge in [-0.2, -0.15) is 0 Å². The summed E-state index contributed by atoms with van der Waals surface area (Å²) in [6.07, 6.45) is 1.00. The molecule has 9 heteroatoms. The molecule has 0 aliphatic carbocycles. The van der Waals surface area contributed by atoms with Gasteiger partial charge in [-0.3, -0.25) is 9.59 Å². The van der Waals surface area contributed by atoms with E-state index in [-0.39, 0.29) is 36.8 Å². The van der Waals surface area contributed by atoms with Crippen molar-refractivity contribution in [2.45, 2.75) is 24.9 Å². The minimum absolute atomic E-state index is 0.196. The van der Waals surface area contributed by atoms with Crippen molar-refractivity contribution in [2.75, 3.05) is 13.2 Å². The van der Waals surface area contributed by atoms with Crippen molar-refractivity contribution >= 4 is 11.8 Å². The second-order valence-electron chi connectivity index (χ2n) is 10.2. The summed E-state index contributed by atoms with van der Waals surface area (Å²) in [7, 11) is 0. The van der Waals surface area contributed by atoms with Crippen LogP contribution in [-0.4, -0.2) is 57.5 Å². The van der Waals surface area contributed by atoms with Gasteiger partial charge in [0, 0.05) is 22.3 Å². The predicted octanol–water partition coefficient (Wildman–Crippen LogP) is 4.07. The van der Waals surface area contributed by atoms with E-state index in [9.17, 15) is 19.8 Å². The van der Waals surface area contributed by atoms with Crippen LogP contribution in [0, 0.1) is 0 Å². The Bertz CT molecular complexity index is 1530. The molecule has 2 amide bonds. The van der Waals surface area contributed by atoms with Crippen LogP contribution in [0.3, 0.4) is 0 Å². The highest BCUT2D eigenvalue weighted by atomic mass is 16.4. The SMILES string of the molecule is O=C(N[C@H](CO)Cc1ccccc1)c1cccc(-c2nnc(-c3cccc(C(=O)N[C@H](CO)Cc4ccccc4)c3)o2)c1. The first-order valence-corrected chi connectivity index (χ1v) is 14.0. The van der Waals surface area contributed by atoms with Crippen molar-refractivity contribution < 1.29 is 24.2 Å². The van der Waals surface area contributed by atoms with Crippen molar-refractivity contribution in [1.82, 2.24) is 20.8 Å². The molecule has 5 aromatic rings. The highest BCUT2D eigenvalue weighted by Crippen LogP contribution is 2.25. The van der Waals surface area contributed by atoms with E-state index in [4.69, 9.17) is 4.42 Å². The molecule has 0 saturated carbocycles. The number of rotatable bonds is 12. The van der Waals surface area contributed by atoms with Crippen molar-refractivity contribution in [3.63, 3.8) is 0 Å². The molecule has 0 bridgehead atoms. The summed E-state index contributed by atoms with van der Waals surface area (Å²) in [5.74, 6) is -0.233. The molecule has 1 heterocycles. The zero-order valence-electron chi connectivity index (χ0n) is 23.4. The monoisotopic (exact) mass is 576 g/mol. The Morgan fingerprint density at radius 2 is 1.02 bits per heavy atom. The number of hydrogen-bond acceptors (Lipinski definition) is 7. The van der Waals surface area contributed by atoms with Gasteiger partial charge in [0.1, 0.15) is 0 Å². The number of aliphatic hydroxyl groups excluding tert-OH is 2. The Hall–Kier alpha value is -5.12. The predicted molar refractivity (Wildman–Crippen MR) is 162 cm³/mol. The molecule has 4 N–H and O–H groups in total. The summed E-state index contributed by atoms with van der Waals surface area (Å²) in [4.78, 5) is 25.9. The van der Waals surface area contributed by atoms with Gasteiger partial charge in [0.2, 0.25) is 11.8 Å². The van der Waals surface area contributed by atoms with Gasteiger partial charge in [0.25, 0.3) is 11.8 Å². The number of carbonyl (C=O) groups excluding carboxylic acids is 2. The first kappa shape index (κ1) is 29.4. The standard InChI is InChI=1S/C34H32N4O5/c39-21-29(17-23-9-3-1-4-10-23)35-31(41)25-13-7-15-27(19-25)33-37-38-34(43-33)28-16-8-14-26(20-28)32(42)36-30(22-40)18-24-11-5-2-6-12-24/h1-16,19-20,29-30,39-40H,17-18,21-22H2,(H,35,41)(H,36,42)/t29-,30-/m0/s1. The molecule has 0 unspecified atom stereocenters. The highest BCUT2D eigenvalue weighted by Gasteiger charge is 2.18. The summed E-state index contributed by atoms with van der Waals surface area (Å²) in [6, 6.07) is 32.0. The van der Waals surface area contributed by atoms with E-state index < -0.39 is 12.1 Å². The zero-order chi connectivity index (χ0) is 30.0. The number of nitrogens with one attached hydrogen (secondary N) is 2. The molecular weight excluding hydrogens is 544 g/mol. The van der Waals surface area contributed by atoms with Gasteiger partial charge in [-0.15, -0.1) is 10.2 Å². The van der Waals surface area contributed by atoms with E-state index >= 15 is 0 Å². The number of amides is 2. The van der Waals surface area contributed by atoms with E-state index in [1.54, 1.807) is 48.5 Å². The van der Waals surface area contributed by atoms with Crippen molar-refractivity contribution in [1.29, 1.82) is 0 Å². The molecule has 0 saturated heterocycles. The smallest absolute Gasteiger partial charge is 0.251 e. The highest BCUT2D eigenvalue weighted by molar-refractivity contribution is 5.96. The molecule has 4 aromatic carbocycles. The molecule has 0 radical (unpaired) electrons. The van der Waals surface area contributed by atoms with E-state index in [2.05, 4.69) is 20.8 Å². The van der Waals surface area contributed by atoms with E-state index in [0.717, 1.165) is 11.1 Å². The van der Waals surface area contributed by atoms with Crippen molar-refractivity contribution in [2.24, 2.45) is 0 Å². The second-order valence-corrected chi connectivity index (χ2v) is 10.2. The largest absolute Gasteiger partial charge is 0.416 e. The first-order valence-electron chi connectivity index (χ1n) is 14.0. The number of nitrogens with zero attached hydrogens (tertiary/aromatic N) is 2. The third-order valence-corrected chi connectivity index (χ3v) is 6.93. The number of hydrogen-bond donors (Lipinski definition) is 4. The van der Waals surface area contributed by atoms with E-state index in [1.165, 1.54) is 0 Å². The van der Waals surface area contributed by atoms with Crippen molar-refractivity contribution in [3.05, 3.63) is 131 Å².